The van der Waals surface area contributed by atoms with Crippen molar-refractivity contribution in [3.8, 4) is 0 Å². The van der Waals surface area contributed by atoms with E-state index < -0.39 is 0 Å². The molecule has 2 saturated heterocycles. The van der Waals surface area contributed by atoms with Crippen molar-refractivity contribution < 1.29 is 9.59 Å². The number of amides is 3. The topological polar surface area (TPSA) is 73.5 Å². The van der Waals surface area contributed by atoms with Crippen LogP contribution >= 0.6 is 0 Å². The van der Waals surface area contributed by atoms with Gasteiger partial charge in [0.2, 0.25) is 5.91 Å². The predicted octanol–water partition coefficient (Wildman–Crippen LogP) is 1.47. The lowest BCUT2D eigenvalue weighted by Crippen LogP contribution is -2.50. The molecule has 136 valence electrons. The van der Waals surface area contributed by atoms with Gasteiger partial charge < -0.3 is 20.9 Å². The summed E-state index contributed by atoms with van der Waals surface area (Å²) in [6, 6.07) is 0.364. The maximum Gasteiger partial charge on any atom is 0.317 e. The molecule has 3 fully saturated rings. The van der Waals surface area contributed by atoms with E-state index in [2.05, 4.69) is 16.0 Å². The Hall–Kier alpha value is -1.30. The molecule has 3 N–H and O–H groups in total. The van der Waals surface area contributed by atoms with Gasteiger partial charge in [-0.2, -0.15) is 0 Å². The highest BCUT2D eigenvalue weighted by Crippen LogP contribution is 2.20. The van der Waals surface area contributed by atoms with Gasteiger partial charge in [0, 0.05) is 25.7 Å². The zero-order chi connectivity index (χ0) is 16.8. The Labute approximate surface area is 145 Å². The van der Waals surface area contributed by atoms with Crippen molar-refractivity contribution in [2.75, 3.05) is 32.7 Å². The first kappa shape index (κ1) is 17.5. The minimum absolute atomic E-state index is 0.0245. The zero-order valence-corrected chi connectivity index (χ0v) is 14.7. The van der Waals surface area contributed by atoms with Crippen LogP contribution in [-0.4, -0.2) is 55.6 Å². The highest BCUT2D eigenvalue weighted by molar-refractivity contribution is 5.80. The van der Waals surface area contributed by atoms with Crippen LogP contribution in [0.15, 0.2) is 0 Å². The molecular weight excluding hydrogens is 304 g/mol. The first-order valence-corrected chi connectivity index (χ1v) is 9.76. The number of carbonyl (C=O) groups is 2. The number of hydrogen-bond donors (Lipinski definition) is 3. The molecule has 2 unspecified atom stereocenters. The van der Waals surface area contributed by atoms with Crippen LogP contribution < -0.4 is 16.0 Å². The van der Waals surface area contributed by atoms with Crippen LogP contribution in [0.1, 0.15) is 51.4 Å². The zero-order valence-electron chi connectivity index (χ0n) is 14.7. The predicted molar refractivity (Wildman–Crippen MR) is 93.7 cm³/mol. The van der Waals surface area contributed by atoms with Gasteiger partial charge in [0.1, 0.15) is 0 Å². The Kier molecular flexibility index (Phi) is 6.35. The molecule has 3 rings (SSSR count). The minimum atomic E-state index is -0.0465. The number of nitrogens with zero attached hydrogens (tertiary/aromatic N) is 1. The van der Waals surface area contributed by atoms with Crippen LogP contribution in [0.2, 0.25) is 0 Å². The molecule has 0 aromatic rings. The quantitative estimate of drug-likeness (QED) is 0.712. The van der Waals surface area contributed by atoms with Crippen molar-refractivity contribution in [2.45, 2.75) is 57.4 Å². The van der Waals surface area contributed by atoms with Gasteiger partial charge in [-0.05, 0) is 57.5 Å². The summed E-state index contributed by atoms with van der Waals surface area (Å²) in [6.07, 6.45) is 8.70. The number of likely N-dealkylation sites (tertiary alicyclic amines) is 1. The molecule has 24 heavy (non-hydrogen) atoms. The van der Waals surface area contributed by atoms with Crippen LogP contribution in [0.4, 0.5) is 4.79 Å². The molecule has 1 aliphatic carbocycles. The maximum absolute atomic E-state index is 12.4. The first-order valence-electron chi connectivity index (χ1n) is 9.76. The van der Waals surface area contributed by atoms with Gasteiger partial charge >= 0.3 is 6.03 Å². The summed E-state index contributed by atoms with van der Waals surface area (Å²) >= 11 is 0. The van der Waals surface area contributed by atoms with Crippen LogP contribution in [0.25, 0.3) is 0 Å². The van der Waals surface area contributed by atoms with E-state index in [4.69, 9.17) is 0 Å². The van der Waals surface area contributed by atoms with E-state index >= 15 is 0 Å². The Morgan fingerprint density at radius 1 is 1.08 bits per heavy atom. The fourth-order valence-corrected chi connectivity index (χ4v) is 4.22. The number of urea groups is 1. The Bertz CT molecular complexity index is 431. The normalized spacial score (nSPS) is 28.1. The number of hydrogen-bond acceptors (Lipinski definition) is 3. The van der Waals surface area contributed by atoms with E-state index in [0.717, 1.165) is 58.3 Å². The van der Waals surface area contributed by atoms with E-state index in [1.165, 1.54) is 19.3 Å². The molecule has 3 aliphatic rings. The van der Waals surface area contributed by atoms with Crippen LogP contribution in [0.5, 0.6) is 0 Å². The van der Waals surface area contributed by atoms with Gasteiger partial charge in [0.05, 0.1) is 5.92 Å². The lowest BCUT2D eigenvalue weighted by Gasteiger charge is -2.33. The monoisotopic (exact) mass is 336 g/mol. The molecule has 2 atom stereocenters. The summed E-state index contributed by atoms with van der Waals surface area (Å²) in [7, 11) is 0. The van der Waals surface area contributed by atoms with E-state index in [1.54, 1.807) is 0 Å². The lowest BCUT2D eigenvalue weighted by molar-refractivity contribution is -0.126. The second-order valence-corrected chi connectivity index (χ2v) is 7.65. The average molecular weight is 336 g/mol. The van der Waals surface area contributed by atoms with Gasteiger partial charge in [-0.15, -0.1) is 0 Å². The molecule has 1 saturated carbocycles. The van der Waals surface area contributed by atoms with Gasteiger partial charge in [0.25, 0.3) is 0 Å². The molecule has 2 aliphatic heterocycles. The van der Waals surface area contributed by atoms with E-state index in [9.17, 15) is 9.59 Å². The molecule has 0 spiro atoms. The van der Waals surface area contributed by atoms with Gasteiger partial charge in [-0.1, -0.05) is 12.8 Å². The van der Waals surface area contributed by atoms with Gasteiger partial charge in [0.15, 0.2) is 0 Å². The lowest BCUT2D eigenvalue weighted by atomic mass is 9.97. The van der Waals surface area contributed by atoms with Gasteiger partial charge in [-0.25, -0.2) is 4.79 Å². The van der Waals surface area contributed by atoms with Crippen molar-refractivity contribution in [2.24, 2.45) is 11.8 Å². The maximum atomic E-state index is 12.4. The minimum Gasteiger partial charge on any atom is -0.356 e. The van der Waals surface area contributed by atoms with Gasteiger partial charge in [-0.3, -0.25) is 4.79 Å². The average Bonchev–Trinajstić information content (AvgIpc) is 3.29. The number of carbonyl (C=O) groups excluding carboxylic acids is 2. The third kappa shape index (κ3) is 4.85. The molecule has 0 aromatic carbocycles. The summed E-state index contributed by atoms with van der Waals surface area (Å²) in [4.78, 5) is 26.6. The third-order valence-electron chi connectivity index (χ3n) is 5.78. The molecule has 6 nitrogen and oxygen atoms in total. The second kappa shape index (κ2) is 8.70. The van der Waals surface area contributed by atoms with Crippen molar-refractivity contribution >= 4 is 11.9 Å². The third-order valence-corrected chi connectivity index (χ3v) is 5.78. The van der Waals surface area contributed by atoms with Crippen LogP contribution in [0.3, 0.4) is 0 Å². The van der Waals surface area contributed by atoms with Crippen molar-refractivity contribution in [1.82, 2.24) is 20.9 Å². The van der Waals surface area contributed by atoms with Crippen molar-refractivity contribution in [3.63, 3.8) is 0 Å². The summed E-state index contributed by atoms with van der Waals surface area (Å²) in [6.45, 7) is 4.28. The molecule has 6 heteroatoms. The fraction of sp³-hybridized carbons (Fsp3) is 0.889. The van der Waals surface area contributed by atoms with Crippen LogP contribution in [-0.2, 0) is 4.79 Å². The summed E-state index contributed by atoms with van der Waals surface area (Å²) < 4.78 is 0. The summed E-state index contributed by atoms with van der Waals surface area (Å²) in [5, 5.41) is 9.58. The smallest absolute Gasteiger partial charge is 0.317 e. The van der Waals surface area contributed by atoms with E-state index in [0.29, 0.717) is 18.5 Å². The first-order chi connectivity index (χ1) is 11.7. The number of nitrogens with one attached hydrogen (secondary N) is 3. The largest absolute Gasteiger partial charge is 0.356 e. The molecule has 0 aromatic heterocycles. The van der Waals surface area contributed by atoms with Crippen molar-refractivity contribution in [1.29, 1.82) is 0 Å². The van der Waals surface area contributed by atoms with Crippen molar-refractivity contribution in [3.05, 3.63) is 0 Å². The molecule has 2 heterocycles. The SMILES string of the molecule is O=C(NCCC1CCNC1)C1CCCN(C(=O)NC2CCCC2)C1. The summed E-state index contributed by atoms with van der Waals surface area (Å²) in [5.41, 5.74) is 0. The molecule has 3 amide bonds. The van der Waals surface area contributed by atoms with E-state index in [1.807, 2.05) is 4.90 Å². The summed E-state index contributed by atoms with van der Waals surface area (Å²) in [5.74, 6) is 0.777. The Morgan fingerprint density at radius 3 is 2.67 bits per heavy atom. The fourth-order valence-electron chi connectivity index (χ4n) is 4.22. The number of piperidine rings is 1. The number of rotatable bonds is 5. The highest BCUT2D eigenvalue weighted by Gasteiger charge is 2.29. The Morgan fingerprint density at radius 2 is 1.92 bits per heavy atom. The van der Waals surface area contributed by atoms with Crippen LogP contribution in [0, 0.1) is 11.8 Å². The van der Waals surface area contributed by atoms with E-state index in [-0.39, 0.29) is 17.9 Å². The Balaban J connectivity index is 1.38. The molecular formula is C18H32N4O2. The second-order valence-electron chi connectivity index (χ2n) is 7.65. The molecule has 0 radical (unpaired) electrons. The highest BCUT2D eigenvalue weighted by atomic mass is 16.2. The standard InChI is InChI=1S/C18H32N4O2/c23-17(20-10-8-14-7-9-19-12-14)15-4-3-11-22(13-15)18(24)21-16-5-1-2-6-16/h14-16,19H,1-13H2,(H,20,23)(H,21,24). The molecule has 0 bridgehead atoms.